The Bertz CT molecular complexity index is 1210. The summed E-state index contributed by atoms with van der Waals surface area (Å²) in [6.07, 6.45) is 1.55. The molecule has 0 aliphatic heterocycles. The number of nitrogens with zero attached hydrogens (tertiary/aromatic N) is 2. The molecule has 0 radical (unpaired) electrons. The number of halogens is 1. The van der Waals surface area contributed by atoms with Gasteiger partial charge in [-0.25, -0.2) is 9.37 Å². The summed E-state index contributed by atoms with van der Waals surface area (Å²) in [6.45, 7) is 2.15. The summed E-state index contributed by atoms with van der Waals surface area (Å²) in [5.74, 6) is 0.0291. The van der Waals surface area contributed by atoms with Gasteiger partial charge in [0.05, 0.1) is 23.9 Å². The highest BCUT2D eigenvalue weighted by molar-refractivity contribution is 7.99. The first-order valence-electron chi connectivity index (χ1n) is 8.71. The summed E-state index contributed by atoms with van der Waals surface area (Å²) in [6, 6.07) is 10.9. The number of thioether (sulfide) groups is 1. The van der Waals surface area contributed by atoms with Crippen molar-refractivity contribution >= 4 is 44.9 Å². The number of hydrogen-bond acceptors (Lipinski definition) is 6. The van der Waals surface area contributed by atoms with Crippen molar-refractivity contribution < 1.29 is 13.6 Å². The van der Waals surface area contributed by atoms with Gasteiger partial charge in [0.25, 0.3) is 5.56 Å². The number of thiophene rings is 1. The predicted octanol–water partition coefficient (Wildman–Crippen LogP) is 4.28. The molecule has 29 heavy (non-hydrogen) atoms. The molecule has 3 aromatic heterocycles. The maximum atomic E-state index is 13.0. The molecule has 0 bridgehead atoms. The van der Waals surface area contributed by atoms with Gasteiger partial charge in [0.15, 0.2) is 5.16 Å². The largest absolute Gasteiger partial charge is 0.467 e. The molecule has 0 aliphatic carbocycles. The molecule has 0 spiro atoms. The standard InChI is InChI=1S/C20H16FN3O3S2/c1-12-9-16-18(29-12)23-20(24(19(16)26)10-15-3-2-8-27-15)28-11-17(25)22-14-6-4-13(21)5-7-14/h2-9H,10-11H2,1H3,(H,22,25). The highest BCUT2D eigenvalue weighted by atomic mass is 32.2. The summed E-state index contributed by atoms with van der Waals surface area (Å²) in [5, 5.41) is 3.70. The Balaban J connectivity index is 1.58. The van der Waals surface area contributed by atoms with Crippen LogP contribution in [0.5, 0.6) is 0 Å². The Kier molecular flexibility index (Phi) is 5.50. The minimum absolute atomic E-state index is 0.0534. The van der Waals surface area contributed by atoms with Crippen molar-refractivity contribution in [1.29, 1.82) is 0 Å². The molecular weight excluding hydrogens is 413 g/mol. The second-order valence-electron chi connectivity index (χ2n) is 6.28. The molecule has 0 saturated heterocycles. The van der Waals surface area contributed by atoms with Gasteiger partial charge in [0, 0.05) is 10.6 Å². The SMILES string of the molecule is Cc1cc2c(=O)n(Cc3ccco3)c(SCC(=O)Nc3ccc(F)cc3)nc2s1. The van der Waals surface area contributed by atoms with Crippen LogP contribution in [0.2, 0.25) is 0 Å². The summed E-state index contributed by atoms with van der Waals surface area (Å²) in [5.41, 5.74) is 0.333. The molecule has 0 atom stereocenters. The number of aromatic nitrogens is 2. The number of rotatable bonds is 6. The fourth-order valence-corrected chi connectivity index (χ4v) is 4.51. The summed E-state index contributed by atoms with van der Waals surface area (Å²) >= 11 is 2.61. The van der Waals surface area contributed by atoms with E-state index < -0.39 is 0 Å². The van der Waals surface area contributed by atoms with Gasteiger partial charge < -0.3 is 9.73 Å². The lowest BCUT2D eigenvalue weighted by Crippen LogP contribution is -2.24. The fourth-order valence-electron chi connectivity index (χ4n) is 2.79. The zero-order valence-electron chi connectivity index (χ0n) is 15.3. The third-order valence-electron chi connectivity index (χ3n) is 4.09. The molecule has 0 unspecified atom stereocenters. The van der Waals surface area contributed by atoms with Crippen molar-refractivity contribution in [3.63, 3.8) is 0 Å². The van der Waals surface area contributed by atoms with E-state index in [0.29, 0.717) is 26.8 Å². The second kappa shape index (κ2) is 8.22. The molecular formula is C20H16FN3O3S2. The number of nitrogens with one attached hydrogen (secondary N) is 1. The molecule has 4 rings (SSSR count). The lowest BCUT2D eigenvalue weighted by Gasteiger charge is -2.11. The van der Waals surface area contributed by atoms with Gasteiger partial charge in [-0.05, 0) is 49.4 Å². The van der Waals surface area contributed by atoms with E-state index in [9.17, 15) is 14.0 Å². The van der Waals surface area contributed by atoms with Gasteiger partial charge in [0.1, 0.15) is 16.4 Å². The lowest BCUT2D eigenvalue weighted by atomic mass is 10.3. The number of furan rings is 1. The number of hydrogen-bond donors (Lipinski definition) is 1. The van der Waals surface area contributed by atoms with Crippen molar-refractivity contribution in [2.45, 2.75) is 18.6 Å². The number of carbonyl (C=O) groups is 1. The van der Waals surface area contributed by atoms with Gasteiger partial charge in [-0.15, -0.1) is 11.3 Å². The van der Waals surface area contributed by atoms with Crippen molar-refractivity contribution in [3.8, 4) is 0 Å². The molecule has 4 aromatic rings. The zero-order valence-corrected chi connectivity index (χ0v) is 17.0. The van der Waals surface area contributed by atoms with Crippen molar-refractivity contribution in [2.24, 2.45) is 0 Å². The minimum Gasteiger partial charge on any atom is -0.467 e. The molecule has 3 heterocycles. The van der Waals surface area contributed by atoms with E-state index in [1.807, 2.05) is 13.0 Å². The number of benzene rings is 1. The summed E-state index contributed by atoms with van der Waals surface area (Å²) < 4.78 is 19.9. The minimum atomic E-state index is -0.372. The first-order valence-corrected chi connectivity index (χ1v) is 10.5. The van der Waals surface area contributed by atoms with E-state index in [1.54, 1.807) is 18.4 Å². The van der Waals surface area contributed by atoms with Crippen LogP contribution < -0.4 is 10.9 Å². The van der Waals surface area contributed by atoms with Gasteiger partial charge in [-0.1, -0.05) is 11.8 Å². The smallest absolute Gasteiger partial charge is 0.263 e. The van der Waals surface area contributed by atoms with Crippen LogP contribution in [0, 0.1) is 12.7 Å². The van der Waals surface area contributed by atoms with Crippen LogP contribution in [-0.4, -0.2) is 21.2 Å². The van der Waals surface area contributed by atoms with Crippen LogP contribution in [0.4, 0.5) is 10.1 Å². The lowest BCUT2D eigenvalue weighted by molar-refractivity contribution is -0.113. The van der Waals surface area contributed by atoms with Gasteiger partial charge in [0.2, 0.25) is 5.91 Å². The number of fused-ring (bicyclic) bond motifs is 1. The number of aryl methyl sites for hydroxylation is 1. The third-order valence-corrected chi connectivity index (χ3v) is 6.01. The molecule has 1 N–H and O–H groups in total. The average Bonchev–Trinajstić information content (AvgIpc) is 3.33. The quantitative estimate of drug-likeness (QED) is 0.366. The molecule has 0 fully saturated rings. The van der Waals surface area contributed by atoms with E-state index in [4.69, 9.17) is 4.42 Å². The Morgan fingerprint density at radius 3 is 2.83 bits per heavy atom. The van der Waals surface area contributed by atoms with Crippen LogP contribution >= 0.6 is 23.1 Å². The fraction of sp³-hybridized carbons (Fsp3) is 0.150. The van der Waals surface area contributed by atoms with E-state index in [0.717, 1.165) is 4.88 Å². The van der Waals surface area contributed by atoms with E-state index in [1.165, 1.54) is 51.9 Å². The number of amides is 1. The first-order chi connectivity index (χ1) is 14.0. The molecule has 1 amide bonds. The van der Waals surface area contributed by atoms with Crippen LogP contribution in [0.1, 0.15) is 10.6 Å². The second-order valence-corrected chi connectivity index (χ2v) is 8.46. The predicted molar refractivity (Wildman–Crippen MR) is 112 cm³/mol. The van der Waals surface area contributed by atoms with Crippen LogP contribution in [-0.2, 0) is 11.3 Å². The molecule has 6 nitrogen and oxygen atoms in total. The molecule has 0 aliphatic rings. The summed E-state index contributed by atoms with van der Waals surface area (Å²) in [7, 11) is 0. The molecule has 0 saturated carbocycles. The maximum Gasteiger partial charge on any atom is 0.263 e. The normalized spacial score (nSPS) is 11.1. The highest BCUT2D eigenvalue weighted by Gasteiger charge is 2.16. The van der Waals surface area contributed by atoms with Gasteiger partial charge in [-0.2, -0.15) is 0 Å². The van der Waals surface area contributed by atoms with Crippen LogP contribution in [0.3, 0.4) is 0 Å². The van der Waals surface area contributed by atoms with Crippen molar-refractivity contribution in [1.82, 2.24) is 9.55 Å². The van der Waals surface area contributed by atoms with Gasteiger partial charge in [-0.3, -0.25) is 14.2 Å². The Morgan fingerprint density at radius 1 is 1.31 bits per heavy atom. The molecule has 1 aromatic carbocycles. The van der Waals surface area contributed by atoms with Crippen LogP contribution in [0.15, 0.2) is 63.1 Å². The van der Waals surface area contributed by atoms with E-state index in [-0.39, 0.29) is 29.6 Å². The van der Waals surface area contributed by atoms with Crippen molar-refractivity contribution in [3.05, 3.63) is 75.5 Å². The maximum absolute atomic E-state index is 13.0. The Labute approximate surface area is 173 Å². The van der Waals surface area contributed by atoms with Gasteiger partial charge >= 0.3 is 0 Å². The molecule has 9 heteroatoms. The zero-order chi connectivity index (χ0) is 20.4. The van der Waals surface area contributed by atoms with Crippen molar-refractivity contribution in [2.75, 3.05) is 11.1 Å². The number of carbonyl (C=O) groups excluding carboxylic acids is 1. The van der Waals surface area contributed by atoms with E-state index in [2.05, 4.69) is 10.3 Å². The Morgan fingerprint density at radius 2 is 2.10 bits per heavy atom. The highest BCUT2D eigenvalue weighted by Crippen LogP contribution is 2.25. The topological polar surface area (TPSA) is 77.1 Å². The third kappa shape index (κ3) is 4.41. The monoisotopic (exact) mass is 429 g/mol. The summed E-state index contributed by atoms with van der Waals surface area (Å²) in [4.78, 5) is 31.5. The average molecular weight is 429 g/mol. The van der Waals surface area contributed by atoms with E-state index >= 15 is 0 Å². The Hall–Kier alpha value is -2.91. The first kappa shape index (κ1) is 19.4. The van der Waals surface area contributed by atoms with Crippen LogP contribution in [0.25, 0.3) is 10.2 Å². The number of anilines is 1. The molecule has 148 valence electrons.